The predicted octanol–water partition coefficient (Wildman–Crippen LogP) is 3.56. The molecule has 1 amide bonds. The molecule has 2 rings (SSSR count). The molecule has 0 saturated heterocycles. The summed E-state index contributed by atoms with van der Waals surface area (Å²) in [6, 6.07) is 2.19. The second-order valence-electron chi connectivity index (χ2n) is 3.62. The second-order valence-corrected chi connectivity index (χ2v) is 6.57. The van der Waals surface area contributed by atoms with Gasteiger partial charge in [-0.05, 0) is 40.2 Å². The normalized spacial score (nSPS) is 25.5. The fourth-order valence-corrected chi connectivity index (χ4v) is 3.94. The van der Waals surface area contributed by atoms with Gasteiger partial charge < -0.3 is 5.32 Å². The maximum Gasteiger partial charge on any atom is 0.262 e. The third kappa shape index (κ3) is 2.63. The topological polar surface area (TPSA) is 29.1 Å². The average molecular weight is 353 g/mol. The maximum absolute atomic E-state index is 11.9. The maximum atomic E-state index is 11.9. The van der Waals surface area contributed by atoms with E-state index < -0.39 is 0 Å². The highest BCUT2D eigenvalue weighted by molar-refractivity contribution is 9.10. The Balaban J connectivity index is 2.01. The van der Waals surface area contributed by atoms with Crippen LogP contribution in [0.3, 0.4) is 0 Å². The van der Waals surface area contributed by atoms with Crippen LogP contribution in [0.1, 0.15) is 28.9 Å². The molecule has 1 fully saturated rings. The SMILES string of the molecule is O=C(NC1CCCC1Br)c1sccc1Br. The Morgan fingerprint density at radius 2 is 2.33 bits per heavy atom. The molecule has 82 valence electrons. The molecule has 1 aliphatic carbocycles. The van der Waals surface area contributed by atoms with Crippen molar-refractivity contribution in [3.05, 3.63) is 20.8 Å². The molecule has 1 saturated carbocycles. The molecular formula is C10H11Br2NOS. The van der Waals surface area contributed by atoms with Crippen molar-refractivity contribution in [1.82, 2.24) is 5.32 Å². The number of amides is 1. The number of hydrogen-bond donors (Lipinski definition) is 1. The van der Waals surface area contributed by atoms with E-state index in [9.17, 15) is 4.79 Å². The Hall–Kier alpha value is 0.130. The van der Waals surface area contributed by atoms with Crippen LogP contribution >= 0.6 is 43.2 Å². The Kier molecular flexibility index (Phi) is 3.85. The molecule has 15 heavy (non-hydrogen) atoms. The fraction of sp³-hybridized carbons (Fsp3) is 0.500. The molecule has 0 bridgehead atoms. The fourth-order valence-electron chi connectivity index (χ4n) is 1.77. The van der Waals surface area contributed by atoms with Gasteiger partial charge in [0.25, 0.3) is 5.91 Å². The summed E-state index contributed by atoms with van der Waals surface area (Å²) in [7, 11) is 0. The Morgan fingerprint density at radius 1 is 1.53 bits per heavy atom. The second kappa shape index (κ2) is 4.97. The van der Waals surface area contributed by atoms with E-state index in [0.717, 1.165) is 22.2 Å². The zero-order valence-electron chi connectivity index (χ0n) is 8.00. The van der Waals surface area contributed by atoms with Gasteiger partial charge in [0.05, 0.1) is 0 Å². The van der Waals surface area contributed by atoms with E-state index in [1.807, 2.05) is 11.4 Å². The summed E-state index contributed by atoms with van der Waals surface area (Å²) in [6.07, 6.45) is 3.41. The molecule has 0 aliphatic heterocycles. The highest BCUT2D eigenvalue weighted by Crippen LogP contribution is 2.27. The predicted molar refractivity (Wildman–Crippen MR) is 69.8 cm³/mol. The van der Waals surface area contributed by atoms with Gasteiger partial charge in [0.2, 0.25) is 0 Å². The molecule has 0 aromatic carbocycles. The van der Waals surface area contributed by atoms with Crippen LogP contribution in [0.5, 0.6) is 0 Å². The van der Waals surface area contributed by atoms with Gasteiger partial charge in [-0.2, -0.15) is 0 Å². The minimum atomic E-state index is 0.0354. The number of halogens is 2. The van der Waals surface area contributed by atoms with Gasteiger partial charge in [-0.15, -0.1) is 11.3 Å². The number of alkyl halides is 1. The van der Waals surface area contributed by atoms with Crippen molar-refractivity contribution in [3.8, 4) is 0 Å². The number of thiophene rings is 1. The van der Waals surface area contributed by atoms with Crippen molar-refractivity contribution in [1.29, 1.82) is 0 Å². The lowest BCUT2D eigenvalue weighted by atomic mass is 10.2. The van der Waals surface area contributed by atoms with Crippen molar-refractivity contribution in [2.24, 2.45) is 0 Å². The van der Waals surface area contributed by atoms with Gasteiger partial charge in [0, 0.05) is 15.3 Å². The molecule has 1 aromatic rings. The monoisotopic (exact) mass is 351 g/mol. The van der Waals surface area contributed by atoms with Crippen LogP contribution in [0.4, 0.5) is 0 Å². The summed E-state index contributed by atoms with van der Waals surface area (Å²) in [6.45, 7) is 0. The summed E-state index contributed by atoms with van der Waals surface area (Å²) < 4.78 is 0.883. The van der Waals surface area contributed by atoms with Crippen molar-refractivity contribution >= 4 is 49.1 Å². The first-order chi connectivity index (χ1) is 7.18. The number of nitrogens with one attached hydrogen (secondary N) is 1. The molecule has 2 atom stereocenters. The lowest BCUT2D eigenvalue weighted by Crippen LogP contribution is -2.37. The van der Waals surface area contributed by atoms with Gasteiger partial charge >= 0.3 is 0 Å². The highest BCUT2D eigenvalue weighted by atomic mass is 79.9. The average Bonchev–Trinajstić information content (AvgIpc) is 2.76. The summed E-state index contributed by atoms with van der Waals surface area (Å²) in [5.41, 5.74) is 0. The number of hydrogen-bond acceptors (Lipinski definition) is 2. The van der Waals surface area contributed by atoms with Crippen LogP contribution in [-0.4, -0.2) is 16.8 Å². The quantitative estimate of drug-likeness (QED) is 0.810. The van der Waals surface area contributed by atoms with Crippen LogP contribution in [0.15, 0.2) is 15.9 Å². The van der Waals surface area contributed by atoms with Gasteiger partial charge in [0.1, 0.15) is 4.88 Å². The van der Waals surface area contributed by atoms with Gasteiger partial charge in [-0.1, -0.05) is 22.4 Å². The minimum Gasteiger partial charge on any atom is -0.347 e. The van der Waals surface area contributed by atoms with Crippen LogP contribution in [-0.2, 0) is 0 Å². The van der Waals surface area contributed by atoms with Gasteiger partial charge in [-0.25, -0.2) is 0 Å². The molecule has 2 unspecified atom stereocenters. The molecule has 1 N–H and O–H groups in total. The van der Waals surface area contributed by atoms with Crippen molar-refractivity contribution in [3.63, 3.8) is 0 Å². The van der Waals surface area contributed by atoms with Crippen molar-refractivity contribution < 1.29 is 4.79 Å². The third-order valence-electron chi connectivity index (χ3n) is 2.57. The van der Waals surface area contributed by atoms with E-state index in [2.05, 4.69) is 37.2 Å². The van der Waals surface area contributed by atoms with E-state index in [-0.39, 0.29) is 11.9 Å². The molecular weight excluding hydrogens is 342 g/mol. The van der Waals surface area contributed by atoms with Crippen LogP contribution in [0.2, 0.25) is 0 Å². The van der Waals surface area contributed by atoms with E-state index in [1.54, 1.807) is 0 Å². The van der Waals surface area contributed by atoms with Gasteiger partial charge in [0.15, 0.2) is 0 Å². The summed E-state index contributed by atoms with van der Waals surface area (Å²) in [5.74, 6) is 0.0354. The standard InChI is InChI=1S/C10H11Br2NOS/c11-6-2-1-3-8(6)13-10(14)9-7(12)4-5-15-9/h4-6,8H,1-3H2,(H,13,14). The minimum absolute atomic E-state index is 0.0354. The summed E-state index contributed by atoms with van der Waals surface area (Å²) >= 11 is 8.43. The molecule has 0 radical (unpaired) electrons. The zero-order valence-corrected chi connectivity index (χ0v) is 12.0. The molecule has 1 aliphatic rings. The highest BCUT2D eigenvalue weighted by Gasteiger charge is 2.27. The Labute approximate surface area is 110 Å². The van der Waals surface area contributed by atoms with E-state index in [1.165, 1.54) is 17.8 Å². The summed E-state index contributed by atoms with van der Waals surface area (Å²) in [5, 5.41) is 4.98. The third-order valence-corrected chi connectivity index (χ3v) is 5.50. The Bertz CT molecular complexity index is 366. The molecule has 1 aromatic heterocycles. The lowest BCUT2D eigenvalue weighted by Gasteiger charge is -2.15. The Morgan fingerprint density at radius 3 is 2.87 bits per heavy atom. The van der Waals surface area contributed by atoms with Crippen molar-refractivity contribution in [2.75, 3.05) is 0 Å². The van der Waals surface area contributed by atoms with Gasteiger partial charge in [-0.3, -0.25) is 4.79 Å². The van der Waals surface area contributed by atoms with Crippen molar-refractivity contribution in [2.45, 2.75) is 30.1 Å². The van der Waals surface area contributed by atoms with E-state index >= 15 is 0 Å². The lowest BCUT2D eigenvalue weighted by molar-refractivity contribution is 0.0942. The largest absolute Gasteiger partial charge is 0.347 e. The van der Waals surface area contributed by atoms with Crippen LogP contribution in [0.25, 0.3) is 0 Å². The molecule has 0 spiro atoms. The number of carbonyl (C=O) groups excluding carboxylic acids is 1. The van der Waals surface area contributed by atoms with E-state index in [0.29, 0.717) is 4.83 Å². The number of carbonyl (C=O) groups is 1. The molecule has 5 heteroatoms. The smallest absolute Gasteiger partial charge is 0.262 e. The zero-order chi connectivity index (χ0) is 10.8. The van der Waals surface area contributed by atoms with Crippen LogP contribution < -0.4 is 5.32 Å². The first-order valence-corrected chi connectivity index (χ1v) is 7.45. The van der Waals surface area contributed by atoms with Crippen LogP contribution in [0, 0.1) is 0 Å². The van der Waals surface area contributed by atoms with E-state index in [4.69, 9.17) is 0 Å². The molecule has 1 heterocycles. The molecule has 2 nitrogen and oxygen atoms in total. The first-order valence-electron chi connectivity index (χ1n) is 4.86. The summed E-state index contributed by atoms with van der Waals surface area (Å²) in [4.78, 5) is 13.1. The first kappa shape index (κ1) is 11.6. The number of rotatable bonds is 2.